The molecule has 19 heavy (non-hydrogen) atoms. The Bertz CT molecular complexity index is 503. The molecule has 2 aliphatic heterocycles. The highest BCUT2D eigenvalue weighted by Gasteiger charge is 2.30. The summed E-state index contributed by atoms with van der Waals surface area (Å²) in [5.74, 6) is 0.233. The van der Waals surface area contributed by atoms with Crippen LogP contribution in [0.1, 0.15) is 31.7 Å². The van der Waals surface area contributed by atoms with Crippen LogP contribution in [0.5, 0.6) is 0 Å². The van der Waals surface area contributed by atoms with Gasteiger partial charge in [0.1, 0.15) is 0 Å². The normalized spacial score (nSPS) is 26.6. The zero-order valence-corrected chi connectivity index (χ0v) is 13.2. The van der Waals surface area contributed by atoms with Gasteiger partial charge in [-0.15, -0.1) is 0 Å². The Morgan fingerprint density at radius 1 is 1.37 bits per heavy atom. The molecule has 0 aliphatic carbocycles. The van der Waals surface area contributed by atoms with Gasteiger partial charge in [0.05, 0.1) is 18.8 Å². The average molecular weight is 371 g/mol. The lowest BCUT2D eigenvalue weighted by molar-refractivity contribution is -0.119. The minimum absolute atomic E-state index is 0.198. The number of halogens is 1. The number of nitrogens with zero attached hydrogens (tertiary/aromatic N) is 1. The number of ether oxygens (including phenoxy) is 1. The first-order valence-corrected chi connectivity index (χ1v) is 7.95. The van der Waals surface area contributed by atoms with Crippen LogP contribution in [0.3, 0.4) is 0 Å². The molecule has 0 N–H and O–H groups in total. The van der Waals surface area contributed by atoms with Crippen LogP contribution < -0.4 is 4.90 Å². The monoisotopic (exact) mass is 371 g/mol. The molecular weight excluding hydrogens is 353 g/mol. The van der Waals surface area contributed by atoms with Crippen molar-refractivity contribution in [1.29, 1.82) is 0 Å². The lowest BCUT2D eigenvalue weighted by atomic mass is 10.0. The fraction of sp³-hybridized carbons (Fsp3) is 0.533. The van der Waals surface area contributed by atoms with Crippen molar-refractivity contribution in [1.82, 2.24) is 0 Å². The summed E-state index contributed by atoms with van der Waals surface area (Å²) < 4.78 is 7.09. The Morgan fingerprint density at radius 3 is 2.95 bits per heavy atom. The SMILES string of the molecule is CC1CCC(CN2C(=O)CCc3cc(I)ccc32)O1. The number of amides is 1. The quantitative estimate of drug-likeness (QED) is 0.748. The van der Waals surface area contributed by atoms with Crippen LogP contribution in [0.15, 0.2) is 18.2 Å². The summed E-state index contributed by atoms with van der Waals surface area (Å²) in [4.78, 5) is 14.1. The van der Waals surface area contributed by atoms with Gasteiger partial charge < -0.3 is 9.64 Å². The molecule has 102 valence electrons. The van der Waals surface area contributed by atoms with Crippen molar-refractivity contribution in [2.24, 2.45) is 0 Å². The minimum Gasteiger partial charge on any atom is -0.373 e. The minimum atomic E-state index is 0.198. The molecule has 2 aliphatic rings. The molecule has 1 aromatic rings. The van der Waals surface area contributed by atoms with Gasteiger partial charge in [0.25, 0.3) is 0 Å². The number of hydrogen-bond donors (Lipinski definition) is 0. The maximum absolute atomic E-state index is 12.2. The number of fused-ring (bicyclic) bond motifs is 1. The van der Waals surface area contributed by atoms with E-state index in [0.717, 1.165) is 24.9 Å². The van der Waals surface area contributed by atoms with Gasteiger partial charge >= 0.3 is 0 Å². The van der Waals surface area contributed by atoms with Crippen LogP contribution >= 0.6 is 22.6 Å². The van der Waals surface area contributed by atoms with Gasteiger partial charge in [-0.25, -0.2) is 0 Å². The van der Waals surface area contributed by atoms with Crippen LogP contribution in [-0.4, -0.2) is 24.7 Å². The first-order chi connectivity index (χ1) is 9.13. The summed E-state index contributed by atoms with van der Waals surface area (Å²) in [5, 5.41) is 0. The van der Waals surface area contributed by atoms with Crippen LogP contribution in [0.25, 0.3) is 0 Å². The number of aryl methyl sites for hydroxylation is 1. The Balaban J connectivity index is 1.82. The van der Waals surface area contributed by atoms with Gasteiger partial charge in [-0.1, -0.05) is 0 Å². The average Bonchev–Trinajstić information content (AvgIpc) is 2.78. The van der Waals surface area contributed by atoms with E-state index in [9.17, 15) is 4.79 Å². The summed E-state index contributed by atoms with van der Waals surface area (Å²) in [6.45, 7) is 2.81. The predicted molar refractivity (Wildman–Crippen MR) is 83.4 cm³/mol. The van der Waals surface area contributed by atoms with E-state index in [2.05, 4.69) is 47.7 Å². The van der Waals surface area contributed by atoms with Crippen LogP contribution in [0.4, 0.5) is 5.69 Å². The van der Waals surface area contributed by atoms with Gasteiger partial charge in [-0.05, 0) is 72.5 Å². The van der Waals surface area contributed by atoms with E-state index in [1.165, 1.54) is 9.13 Å². The molecule has 0 aromatic heterocycles. The maximum Gasteiger partial charge on any atom is 0.227 e. The van der Waals surface area contributed by atoms with Crippen molar-refractivity contribution in [2.75, 3.05) is 11.4 Å². The largest absolute Gasteiger partial charge is 0.373 e. The Hall–Kier alpha value is -0.620. The van der Waals surface area contributed by atoms with Gasteiger partial charge in [-0.3, -0.25) is 4.79 Å². The highest BCUT2D eigenvalue weighted by Crippen LogP contribution is 2.31. The topological polar surface area (TPSA) is 29.5 Å². The van der Waals surface area contributed by atoms with Gasteiger partial charge in [-0.2, -0.15) is 0 Å². The third kappa shape index (κ3) is 2.79. The molecule has 2 unspecified atom stereocenters. The van der Waals surface area contributed by atoms with Crippen molar-refractivity contribution in [3.63, 3.8) is 0 Å². The Morgan fingerprint density at radius 2 is 2.21 bits per heavy atom. The van der Waals surface area contributed by atoms with Crippen LogP contribution in [0.2, 0.25) is 0 Å². The molecule has 1 aromatic carbocycles. The van der Waals surface area contributed by atoms with Crippen molar-refractivity contribution in [3.8, 4) is 0 Å². The summed E-state index contributed by atoms with van der Waals surface area (Å²) >= 11 is 2.32. The lowest BCUT2D eigenvalue weighted by Gasteiger charge is -2.31. The molecule has 0 spiro atoms. The molecular formula is C15H18INO2. The number of carbonyl (C=O) groups excluding carboxylic acids is 1. The molecule has 2 heterocycles. The highest BCUT2D eigenvalue weighted by molar-refractivity contribution is 14.1. The number of carbonyl (C=O) groups is 1. The number of benzene rings is 1. The Kier molecular flexibility index (Phi) is 3.80. The van der Waals surface area contributed by atoms with Gasteiger partial charge in [0.2, 0.25) is 5.91 Å². The molecule has 0 radical (unpaired) electrons. The molecule has 2 atom stereocenters. The van der Waals surface area contributed by atoms with E-state index >= 15 is 0 Å². The van der Waals surface area contributed by atoms with E-state index in [1.807, 2.05) is 4.90 Å². The molecule has 3 rings (SSSR count). The van der Waals surface area contributed by atoms with Crippen molar-refractivity contribution in [3.05, 3.63) is 27.3 Å². The molecule has 1 saturated heterocycles. The second-order valence-electron chi connectivity index (χ2n) is 5.42. The van der Waals surface area contributed by atoms with E-state index in [0.29, 0.717) is 19.1 Å². The van der Waals surface area contributed by atoms with E-state index < -0.39 is 0 Å². The number of anilines is 1. The molecule has 0 bridgehead atoms. The van der Waals surface area contributed by atoms with E-state index in [-0.39, 0.29) is 12.0 Å². The number of hydrogen-bond acceptors (Lipinski definition) is 2. The van der Waals surface area contributed by atoms with E-state index in [1.54, 1.807) is 0 Å². The first-order valence-electron chi connectivity index (χ1n) is 6.88. The molecule has 1 amide bonds. The fourth-order valence-electron chi connectivity index (χ4n) is 2.95. The third-order valence-corrected chi connectivity index (χ3v) is 4.62. The zero-order valence-electron chi connectivity index (χ0n) is 11.1. The molecule has 1 fully saturated rings. The summed E-state index contributed by atoms with van der Waals surface area (Å²) in [6.07, 6.45) is 4.18. The molecule has 3 nitrogen and oxygen atoms in total. The highest BCUT2D eigenvalue weighted by atomic mass is 127. The van der Waals surface area contributed by atoms with Crippen molar-refractivity contribution in [2.45, 2.75) is 44.8 Å². The first kappa shape index (κ1) is 13.4. The summed E-state index contributed by atoms with van der Waals surface area (Å²) in [7, 11) is 0. The zero-order chi connectivity index (χ0) is 13.4. The van der Waals surface area contributed by atoms with Gasteiger partial charge in [0, 0.05) is 15.7 Å². The molecule has 0 saturated carbocycles. The van der Waals surface area contributed by atoms with E-state index in [4.69, 9.17) is 4.74 Å². The number of rotatable bonds is 2. The Labute approximate surface area is 127 Å². The standard InChI is InChI=1S/C15H18INO2/c1-10-2-5-13(19-10)9-17-14-6-4-12(16)8-11(14)3-7-15(17)18/h4,6,8,10,13H,2-3,5,7,9H2,1H3. The second kappa shape index (κ2) is 5.40. The maximum atomic E-state index is 12.2. The third-order valence-electron chi connectivity index (χ3n) is 3.95. The summed E-state index contributed by atoms with van der Waals surface area (Å²) in [5.41, 5.74) is 2.37. The van der Waals surface area contributed by atoms with Crippen molar-refractivity contribution >= 4 is 34.2 Å². The van der Waals surface area contributed by atoms with Crippen LogP contribution in [0, 0.1) is 3.57 Å². The summed E-state index contributed by atoms with van der Waals surface area (Å²) in [6, 6.07) is 6.34. The van der Waals surface area contributed by atoms with Gasteiger partial charge in [0.15, 0.2) is 0 Å². The second-order valence-corrected chi connectivity index (χ2v) is 6.67. The molecule has 4 heteroatoms. The smallest absolute Gasteiger partial charge is 0.227 e. The van der Waals surface area contributed by atoms with Crippen LogP contribution in [-0.2, 0) is 16.0 Å². The predicted octanol–water partition coefficient (Wildman–Crippen LogP) is 3.14. The van der Waals surface area contributed by atoms with Crippen molar-refractivity contribution < 1.29 is 9.53 Å². The lowest BCUT2D eigenvalue weighted by Crippen LogP contribution is -2.40. The fourth-order valence-corrected chi connectivity index (χ4v) is 3.51.